The average molecular weight is 560 g/mol. The Labute approximate surface area is 233 Å². The maximum absolute atomic E-state index is 10.8. The second kappa shape index (κ2) is 12.1. The van der Waals surface area contributed by atoms with Crippen LogP contribution in [0.25, 0.3) is 22.0 Å². The number of hydrogen-bond acceptors (Lipinski definition) is 9. The molecule has 0 fully saturated rings. The fourth-order valence-corrected chi connectivity index (χ4v) is 5.91. The topological polar surface area (TPSA) is 108 Å². The van der Waals surface area contributed by atoms with Crippen LogP contribution in [0.15, 0.2) is 82.2 Å². The molecule has 0 bridgehead atoms. The predicted molar refractivity (Wildman–Crippen MR) is 150 cm³/mol. The SMILES string of the molecule is Cc1nc(-c2ccc(OCc3nc(-c4ccccc4)sc3CSc3ccc(OCC(=O)O)c(C)c3)cc2)no1. The van der Waals surface area contributed by atoms with Gasteiger partial charge in [0.1, 0.15) is 23.1 Å². The number of carbonyl (C=O) groups is 1. The number of thioether (sulfide) groups is 1. The van der Waals surface area contributed by atoms with E-state index in [9.17, 15) is 4.79 Å². The molecule has 0 aliphatic heterocycles. The molecule has 0 aliphatic rings. The van der Waals surface area contributed by atoms with Gasteiger partial charge in [0.05, 0.1) is 5.69 Å². The van der Waals surface area contributed by atoms with Crippen molar-refractivity contribution in [3.8, 4) is 33.5 Å². The average Bonchev–Trinajstić information content (AvgIpc) is 3.57. The van der Waals surface area contributed by atoms with E-state index in [2.05, 4.69) is 22.3 Å². The lowest BCUT2D eigenvalue weighted by Crippen LogP contribution is -2.09. The summed E-state index contributed by atoms with van der Waals surface area (Å²) >= 11 is 3.35. The van der Waals surface area contributed by atoms with E-state index in [1.54, 1.807) is 30.0 Å². The number of thiazole rings is 1. The van der Waals surface area contributed by atoms with Crippen LogP contribution in [0.3, 0.4) is 0 Å². The third-order valence-corrected chi connectivity index (χ3v) is 8.03. The predicted octanol–water partition coefficient (Wildman–Crippen LogP) is 6.81. The third-order valence-electron chi connectivity index (χ3n) is 5.68. The molecule has 0 aliphatic carbocycles. The number of aliphatic carboxylic acids is 1. The fourth-order valence-electron chi connectivity index (χ4n) is 3.74. The van der Waals surface area contributed by atoms with Crippen LogP contribution in [-0.2, 0) is 17.2 Å². The van der Waals surface area contributed by atoms with Crippen molar-refractivity contribution in [2.75, 3.05) is 6.61 Å². The molecule has 0 saturated heterocycles. The van der Waals surface area contributed by atoms with E-state index in [1.165, 1.54) is 0 Å². The molecule has 10 heteroatoms. The maximum Gasteiger partial charge on any atom is 0.341 e. The molecule has 2 aromatic heterocycles. The molecule has 2 heterocycles. The van der Waals surface area contributed by atoms with Gasteiger partial charge in [-0.05, 0) is 55.0 Å². The van der Waals surface area contributed by atoms with Gasteiger partial charge in [0.25, 0.3) is 0 Å². The highest BCUT2D eigenvalue weighted by Crippen LogP contribution is 2.35. The van der Waals surface area contributed by atoms with Crippen molar-refractivity contribution < 1.29 is 23.9 Å². The van der Waals surface area contributed by atoms with Crippen LogP contribution in [0.2, 0.25) is 0 Å². The summed E-state index contributed by atoms with van der Waals surface area (Å²) in [5, 5.41) is 13.8. The molecule has 3 aromatic carbocycles. The minimum atomic E-state index is -1.000. The first-order valence-corrected chi connectivity index (χ1v) is 13.9. The first kappa shape index (κ1) is 26.5. The van der Waals surface area contributed by atoms with Gasteiger partial charge >= 0.3 is 5.97 Å². The normalized spacial score (nSPS) is 10.9. The van der Waals surface area contributed by atoms with E-state index in [1.807, 2.05) is 67.6 Å². The van der Waals surface area contributed by atoms with Crippen molar-refractivity contribution in [1.29, 1.82) is 0 Å². The largest absolute Gasteiger partial charge is 0.487 e. The van der Waals surface area contributed by atoms with Crippen molar-refractivity contribution in [2.24, 2.45) is 0 Å². The summed E-state index contributed by atoms with van der Waals surface area (Å²) in [6.45, 7) is 3.64. The fraction of sp³-hybridized carbons (Fsp3) is 0.172. The summed E-state index contributed by atoms with van der Waals surface area (Å²) in [6, 6.07) is 23.4. The van der Waals surface area contributed by atoms with Gasteiger partial charge in [0, 0.05) is 33.6 Å². The molecule has 0 radical (unpaired) electrons. The Kier molecular flexibility index (Phi) is 8.24. The van der Waals surface area contributed by atoms with E-state index in [-0.39, 0.29) is 6.61 Å². The van der Waals surface area contributed by atoms with Crippen molar-refractivity contribution in [3.05, 3.63) is 94.8 Å². The number of rotatable bonds is 11. The molecule has 0 atom stereocenters. The van der Waals surface area contributed by atoms with Crippen LogP contribution in [0.5, 0.6) is 11.5 Å². The Hall–Kier alpha value is -4.15. The van der Waals surface area contributed by atoms with Crippen molar-refractivity contribution in [3.63, 3.8) is 0 Å². The highest BCUT2D eigenvalue weighted by atomic mass is 32.2. The van der Waals surface area contributed by atoms with Crippen LogP contribution in [-0.4, -0.2) is 32.8 Å². The van der Waals surface area contributed by atoms with Crippen LogP contribution in [0, 0.1) is 13.8 Å². The van der Waals surface area contributed by atoms with Gasteiger partial charge in [0.15, 0.2) is 6.61 Å². The van der Waals surface area contributed by atoms with E-state index in [0.29, 0.717) is 29.8 Å². The van der Waals surface area contributed by atoms with Gasteiger partial charge in [0.2, 0.25) is 11.7 Å². The molecule has 8 nitrogen and oxygen atoms in total. The Bertz CT molecular complexity index is 1570. The Morgan fingerprint density at radius 2 is 1.77 bits per heavy atom. The second-order valence-corrected chi connectivity index (χ2v) is 10.7. The lowest BCUT2D eigenvalue weighted by molar-refractivity contribution is -0.139. The third kappa shape index (κ3) is 6.84. The summed E-state index contributed by atoms with van der Waals surface area (Å²) in [5.74, 6) is 2.07. The quantitative estimate of drug-likeness (QED) is 0.175. The van der Waals surface area contributed by atoms with Gasteiger partial charge in [-0.3, -0.25) is 0 Å². The van der Waals surface area contributed by atoms with E-state index >= 15 is 0 Å². The number of aryl methyl sites for hydroxylation is 2. The molecular weight excluding hydrogens is 534 g/mol. The highest BCUT2D eigenvalue weighted by Gasteiger charge is 2.15. The molecule has 1 N–H and O–H groups in total. The van der Waals surface area contributed by atoms with Gasteiger partial charge in [-0.2, -0.15) is 4.98 Å². The van der Waals surface area contributed by atoms with Gasteiger partial charge in [-0.15, -0.1) is 23.1 Å². The Morgan fingerprint density at radius 3 is 2.46 bits per heavy atom. The standard InChI is InChI=1S/C29H25N3O5S2/c1-18-14-23(12-13-25(18)36-16-27(33)34)38-17-26-24(31-29(39-26)21-6-4-3-5-7-21)15-35-22-10-8-20(9-11-22)28-30-19(2)37-32-28/h3-14H,15-17H2,1-2H3,(H,33,34). The summed E-state index contributed by atoms with van der Waals surface area (Å²) < 4.78 is 16.5. The molecule has 0 spiro atoms. The first-order chi connectivity index (χ1) is 18.9. The summed E-state index contributed by atoms with van der Waals surface area (Å²) in [5.41, 5.74) is 3.70. The van der Waals surface area contributed by atoms with Crippen molar-refractivity contribution >= 4 is 29.1 Å². The number of hydrogen-bond donors (Lipinski definition) is 1. The molecule has 0 amide bonds. The molecule has 5 aromatic rings. The van der Waals surface area contributed by atoms with E-state index in [0.717, 1.165) is 42.9 Å². The van der Waals surface area contributed by atoms with Crippen LogP contribution < -0.4 is 9.47 Å². The van der Waals surface area contributed by atoms with Crippen molar-refractivity contribution in [2.45, 2.75) is 31.1 Å². The van der Waals surface area contributed by atoms with E-state index in [4.69, 9.17) is 24.1 Å². The number of ether oxygens (including phenoxy) is 2. The molecule has 0 unspecified atom stereocenters. The van der Waals surface area contributed by atoms with Crippen molar-refractivity contribution in [1.82, 2.24) is 15.1 Å². The number of carboxylic acid groups (broad SMARTS) is 1. The molecular formula is C29H25N3O5S2. The van der Waals surface area contributed by atoms with Crippen LogP contribution >= 0.6 is 23.1 Å². The lowest BCUT2D eigenvalue weighted by Gasteiger charge is -2.09. The minimum absolute atomic E-state index is 0.334. The molecule has 198 valence electrons. The first-order valence-electron chi connectivity index (χ1n) is 12.1. The van der Waals surface area contributed by atoms with Gasteiger partial charge in [-0.1, -0.05) is 35.5 Å². The number of nitrogens with zero attached hydrogens (tertiary/aromatic N) is 3. The minimum Gasteiger partial charge on any atom is -0.487 e. The summed E-state index contributed by atoms with van der Waals surface area (Å²) in [6.07, 6.45) is 0. The van der Waals surface area contributed by atoms with Crippen LogP contribution in [0.4, 0.5) is 0 Å². The zero-order valence-corrected chi connectivity index (χ0v) is 22.9. The second-order valence-electron chi connectivity index (χ2n) is 8.60. The van der Waals surface area contributed by atoms with Gasteiger partial charge in [-0.25, -0.2) is 9.78 Å². The molecule has 39 heavy (non-hydrogen) atoms. The van der Waals surface area contributed by atoms with Gasteiger partial charge < -0.3 is 19.1 Å². The monoisotopic (exact) mass is 559 g/mol. The Balaban J connectivity index is 1.30. The zero-order valence-electron chi connectivity index (χ0n) is 21.3. The Morgan fingerprint density at radius 1 is 0.974 bits per heavy atom. The number of aromatic nitrogens is 3. The smallest absolute Gasteiger partial charge is 0.341 e. The zero-order chi connectivity index (χ0) is 27.2. The summed E-state index contributed by atoms with van der Waals surface area (Å²) in [4.78, 5) is 22.2. The highest BCUT2D eigenvalue weighted by molar-refractivity contribution is 7.98. The molecule has 0 saturated carbocycles. The maximum atomic E-state index is 10.8. The van der Waals surface area contributed by atoms with Crippen LogP contribution in [0.1, 0.15) is 22.0 Å². The summed E-state index contributed by atoms with van der Waals surface area (Å²) in [7, 11) is 0. The molecule has 5 rings (SSSR count). The lowest BCUT2D eigenvalue weighted by atomic mass is 10.2. The number of carboxylic acids is 1. The van der Waals surface area contributed by atoms with E-state index < -0.39 is 5.97 Å². The number of benzene rings is 3.